The zero-order valence-corrected chi connectivity index (χ0v) is 13.1. The van der Waals surface area contributed by atoms with E-state index in [2.05, 4.69) is 17.0 Å². The molecule has 0 fully saturated rings. The van der Waals surface area contributed by atoms with Gasteiger partial charge in [-0.1, -0.05) is 26.2 Å². The van der Waals surface area contributed by atoms with Gasteiger partial charge in [0.05, 0.1) is 4.90 Å². The number of nitrogens with one attached hydrogen (secondary N) is 2. The van der Waals surface area contributed by atoms with Crippen LogP contribution in [-0.4, -0.2) is 21.0 Å². The number of rotatable bonds is 7. The van der Waals surface area contributed by atoms with Crippen LogP contribution in [0.2, 0.25) is 0 Å². The molecule has 0 saturated carbocycles. The van der Waals surface area contributed by atoms with Gasteiger partial charge < -0.3 is 5.32 Å². The van der Waals surface area contributed by atoms with Gasteiger partial charge in [0.1, 0.15) is 0 Å². The second-order valence-corrected chi connectivity index (χ2v) is 7.23. The van der Waals surface area contributed by atoms with Crippen molar-refractivity contribution in [2.24, 2.45) is 0 Å². The van der Waals surface area contributed by atoms with Gasteiger partial charge in [-0.05, 0) is 43.5 Å². The van der Waals surface area contributed by atoms with Crippen LogP contribution in [0.5, 0.6) is 0 Å². The number of sulfonamides is 1. The number of hydrogen-bond acceptors (Lipinski definition) is 3. The molecule has 0 bridgehead atoms. The summed E-state index contributed by atoms with van der Waals surface area (Å²) in [7, 11) is -3.40. The molecule has 20 heavy (non-hydrogen) atoms. The molecular formula is C15H24N2O2S. The highest BCUT2D eigenvalue weighted by atomic mass is 32.2. The number of anilines is 1. The molecule has 0 spiro atoms. The van der Waals surface area contributed by atoms with Gasteiger partial charge in [-0.15, -0.1) is 0 Å². The Morgan fingerprint density at radius 3 is 2.90 bits per heavy atom. The summed E-state index contributed by atoms with van der Waals surface area (Å²) in [6, 6.07) is 5.31. The van der Waals surface area contributed by atoms with E-state index in [1.165, 1.54) is 0 Å². The zero-order valence-electron chi connectivity index (χ0n) is 12.3. The van der Waals surface area contributed by atoms with Crippen molar-refractivity contribution in [3.05, 3.63) is 23.8 Å². The molecule has 0 amide bonds. The molecule has 1 aliphatic heterocycles. The average Bonchev–Trinajstić information content (AvgIpc) is 2.85. The summed E-state index contributed by atoms with van der Waals surface area (Å²) in [5.41, 5.74) is 2.14. The first-order valence-corrected chi connectivity index (χ1v) is 8.90. The third kappa shape index (κ3) is 3.73. The number of unbranched alkanes of at least 4 members (excludes halogenated alkanes) is 2. The molecule has 0 aromatic heterocycles. The molecule has 5 heteroatoms. The van der Waals surface area contributed by atoms with Gasteiger partial charge in [0, 0.05) is 18.3 Å². The van der Waals surface area contributed by atoms with Gasteiger partial charge in [-0.2, -0.15) is 0 Å². The summed E-state index contributed by atoms with van der Waals surface area (Å²) in [5.74, 6) is 0. The van der Waals surface area contributed by atoms with Gasteiger partial charge in [-0.25, -0.2) is 13.1 Å². The Morgan fingerprint density at radius 2 is 2.15 bits per heavy atom. The predicted molar refractivity (Wildman–Crippen MR) is 82.6 cm³/mol. The van der Waals surface area contributed by atoms with Crippen LogP contribution >= 0.6 is 0 Å². The summed E-state index contributed by atoms with van der Waals surface area (Å²) in [6.07, 6.45) is 5.15. The van der Waals surface area contributed by atoms with Crippen LogP contribution < -0.4 is 10.0 Å². The van der Waals surface area contributed by atoms with Gasteiger partial charge in [0.25, 0.3) is 0 Å². The highest BCUT2D eigenvalue weighted by Gasteiger charge is 2.20. The first-order chi connectivity index (χ1) is 9.53. The monoisotopic (exact) mass is 296 g/mol. The maximum atomic E-state index is 12.3. The lowest BCUT2D eigenvalue weighted by Crippen LogP contribution is -2.32. The van der Waals surface area contributed by atoms with Crippen molar-refractivity contribution in [1.29, 1.82) is 0 Å². The third-order valence-corrected chi connectivity index (χ3v) is 5.28. The summed E-state index contributed by atoms with van der Waals surface area (Å²) in [6.45, 7) is 4.97. The van der Waals surface area contributed by atoms with E-state index in [1.807, 2.05) is 13.0 Å². The summed E-state index contributed by atoms with van der Waals surface area (Å²) >= 11 is 0. The van der Waals surface area contributed by atoms with E-state index in [-0.39, 0.29) is 6.04 Å². The van der Waals surface area contributed by atoms with E-state index in [4.69, 9.17) is 0 Å². The molecule has 1 aromatic carbocycles. The van der Waals surface area contributed by atoms with Gasteiger partial charge in [0.2, 0.25) is 10.0 Å². The smallest absolute Gasteiger partial charge is 0.240 e. The molecule has 0 saturated heterocycles. The molecule has 112 valence electrons. The van der Waals surface area contributed by atoms with Crippen molar-refractivity contribution in [2.75, 3.05) is 11.9 Å². The molecule has 4 nitrogen and oxygen atoms in total. The van der Waals surface area contributed by atoms with Crippen LogP contribution in [-0.2, 0) is 16.4 Å². The Kier molecular flexibility index (Phi) is 5.05. The third-order valence-electron chi connectivity index (χ3n) is 3.69. The van der Waals surface area contributed by atoms with Crippen molar-refractivity contribution in [1.82, 2.24) is 4.72 Å². The first-order valence-electron chi connectivity index (χ1n) is 7.42. The minimum Gasteiger partial charge on any atom is -0.384 e. The second-order valence-electron chi connectivity index (χ2n) is 5.51. The van der Waals surface area contributed by atoms with E-state index < -0.39 is 10.0 Å². The summed E-state index contributed by atoms with van der Waals surface area (Å²) in [4.78, 5) is 0.377. The number of benzene rings is 1. The van der Waals surface area contributed by atoms with E-state index >= 15 is 0 Å². The number of fused-ring (bicyclic) bond motifs is 1. The average molecular weight is 296 g/mol. The maximum Gasteiger partial charge on any atom is 0.240 e. The van der Waals surface area contributed by atoms with E-state index in [0.29, 0.717) is 4.90 Å². The zero-order chi connectivity index (χ0) is 14.6. The highest BCUT2D eigenvalue weighted by molar-refractivity contribution is 7.89. The quantitative estimate of drug-likeness (QED) is 0.761. The Morgan fingerprint density at radius 1 is 1.35 bits per heavy atom. The summed E-state index contributed by atoms with van der Waals surface area (Å²) in [5, 5.41) is 3.24. The van der Waals surface area contributed by atoms with Gasteiger partial charge >= 0.3 is 0 Å². The normalized spacial score (nSPS) is 15.7. The molecule has 1 aliphatic rings. The Bertz CT molecular complexity index is 555. The first kappa shape index (κ1) is 15.3. The van der Waals surface area contributed by atoms with Crippen molar-refractivity contribution < 1.29 is 8.42 Å². The lowest BCUT2D eigenvalue weighted by atomic mass is 10.1. The van der Waals surface area contributed by atoms with Crippen molar-refractivity contribution in [3.63, 3.8) is 0 Å². The predicted octanol–water partition coefficient (Wildman–Crippen LogP) is 2.90. The van der Waals surface area contributed by atoms with Crippen LogP contribution in [0.15, 0.2) is 23.1 Å². The Balaban J connectivity index is 2.03. The molecular weight excluding hydrogens is 272 g/mol. The topological polar surface area (TPSA) is 58.2 Å². The summed E-state index contributed by atoms with van der Waals surface area (Å²) < 4.78 is 27.5. The van der Waals surface area contributed by atoms with E-state index in [1.54, 1.807) is 12.1 Å². The standard InChI is InChI=1S/C15H24N2O2S/c1-3-4-5-6-12(2)17-20(18,19)14-7-8-15-13(11-14)9-10-16-15/h7-8,11-12,16-17H,3-6,9-10H2,1-2H3. The largest absolute Gasteiger partial charge is 0.384 e. The number of hydrogen-bond donors (Lipinski definition) is 2. The molecule has 0 radical (unpaired) electrons. The minimum absolute atomic E-state index is 0.0158. The van der Waals surface area contributed by atoms with Crippen molar-refractivity contribution in [3.8, 4) is 0 Å². The molecule has 2 rings (SSSR count). The lowest BCUT2D eigenvalue weighted by molar-refractivity contribution is 0.527. The van der Waals surface area contributed by atoms with Gasteiger partial charge in [-0.3, -0.25) is 0 Å². The Hall–Kier alpha value is -1.07. The Labute approximate surface area is 122 Å². The molecule has 2 N–H and O–H groups in total. The molecule has 0 aliphatic carbocycles. The second kappa shape index (κ2) is 6.59. The van der Waals surface area contributed by atoms with Gasteiger partial charge in [0.15, 0.2) is 0 Å². The van der Waals surface area contributed by atoms with E-state index in [0.717, 1.165) is 49.9 Å². The highest BCUT2D eigenvalue weighted by Crippen LogP contribution is 2.25. The van der Waals surface area contributed by atoms with Crippen LogP contribution in [0.1, 0.15) is 45.1 Å². The maximum absolute atomic E-state index is 12.3. The molecule has 1 heterocycles. The van der Waals surface area contributed by atoms with Crippen LogP contribution in [0.25, 0.3) is 0 Å². The van der Waals surface area contributed by atoms with Crippen LogP contribution in [0, 0.1) is 0 Å². The van der Waals surface area contributed by atoms with Crippen LogP contribution in [0.3, 0.4) is 0 Å². The van der Waals surface area contributed by atoms with Crippen molar-refractivity contribution in [2.45, 2.75) is 56.9 Å². The fourth-order valence-electron chi connectivity index (χ4n) is 2.54. The molecule has 1 atom stereocenters. The van der Waals surface area contributed by atoms with Crippen molar-refractivity contribution >= 4 is 15.7 Å². The molecule has 1 unspecified atom stereocenters. The van der Waals surface area contributed by atoms with Crippen LogP contribution in [0.4, 0.5) is 5.69 Å². The van der Waals surface area contributed by atoms with E-state index in [9.17, 15) is 8.42 Å². The fourth-order valence-corrected chi connectivity index (χ4v) is 3.87. The lowest BCUT2D eigenvalue weighted by Gasteiger charge is -2.14. The minimum atomic E-state index is -3.40. The fraction of sp³-hybridized carbons (Fsp3) is 0.600. The molecule has 1 aromatic rings. The SMILES string of the molecule is CCCCCC(C)NS(=O)(=O)c1ccc2c(c1)CCN2.